The molecule has 4 nitrogen and oxygen atoms in total. The topological polar surface area (TPSA) is 63.2 Å². The Morgan fingerprint density at radius 1 is 1.29 bits per heavy atom. The van der Waals surface area contributed by atoms with Gasteiger partial charge in [-0.05, 0) is 19.4 Å². The number of hydrogen-bond acceptors (Lipinski definition) is 4. The number of amides is 1. The second-order valence-electron chi connectivity index (χ2n) is 2.88. The third-order valence-corrected chi connectivity index (χ3v) is 5.11. The monoisotopic (exact) mass is 257 g/mol. The SMILES string of the molecule is Cc1sc2c(c1C)C(=O)NS2(=O)=O.[Ca+2]. The molecule has 14 heavy (non-hydrogen) atoms. The third kappa shape index (κ3) is 1.63. The van der Waals surface area contributed by atoms with Crippen LogP contribution in [0.15, 0.2) is 4.21 Å². The van der Waals surface area contributed by atoms with E-state index >= 15 is 0 Å². The predicted octanol–water partition coefficient (Wildman–Crippen LogP) is 0.416. The van der Waals surface area contributed by atoms with Gasteiger partial charge >= 0.3 is 37.7 Å². The fourth-order valence-corrected chi connectivity index (χ4v) is 4.04. The molecule has 0 aliphatic carbocycles. The Morgan fingerprint density at radius 2 is 1.86 bits per heavy atom. The Hall–Kier alpha value is 0.380. The molecule has 0 fully saturated rings. The summed E-state index contributed by atoms with van der Waals surface area (Å²) < 4.78 is 24.7. The van der Waals surface area contributed by atoms with Gasteiger partial charge in [-0.1, -0.05) is 0 Å². The van der Waals surface area contributed by atoms with Gasteiger partial charge in [0.05, 0.1) is 5.56 Å². The number of carbonyl (C=O) groups is 1. The zero-order valence-electron chi connectivity index (χ0n) is 7.75. The van der Waals surface area contributed by atoms with Gasteiger partial charge in [0.25, 0.3) is 15.9 Å². The van der Waals surface area contributed by atoms with Crippen molar-refractivity contribution in [1.29, 1.82) is 0 Å². The third-order valence-electron chi connectivity index (χ3n) is 2.05. The molecule has 0 saturated heterocycles. The summed E-state index contributed by atoms with van der Waals surface area (Å²) in [5.41, 5.74) is 1.08. The summed E-state index contributed by atoms with van der Waals surface area (Å²) in [5.74, 6) is -0.503. The van der Waals surface area contributed by atoms with E-state index in [2.05, 4.69) is 0 Å². The Bertz CT molecular complexity index is 503. The minimum atomic E-state index is -3.54. The van der Waals surface area contributed by atoms with Gasteiger partial charge in [0.1, 0.15) is 0 Å². The quantitative estimate of drug-likeness (QED) is 0.685. The van der Waals surface area contributed by atoms with Gasteiger partial charge in [0, 0.05) is 4.88 Å². The molecule has 1 aliphatic heterocycles. The summed E-state index contributed by atoms with van der Waals surface area (Å²) in [5, 5.41) is 0. The summed E-state index contributed by atoms with van der Waals surface area (Å²) in [4.78, 5) is 12.1. The van der Waals surface area contributed by atoms with Crippen LogP contribution in [0.1, 0.15) is 20.8 Å². The van der Waals surface area contributed by atoms with Gasteiger partial charge < -0.3 is 0 Å². The van der Waals surface area contributed by atoms with E-state index in [0.717, 1.165) is 21.8 Å². The molecule has 2 heterocycles. The normalized spacial score (nSPS) is 17.1. The van der Waals surface area contributed by atoms with Crippen molar-refractivity contribution in [3.63, 3.8) is 0 Å². The van der Waals surface area contributed by atoms with Gasteiger partial charge in [-0.25, -0.2) is 13.1 Å². The minimum Gasteiger partial charge on any atom is -0.268 e. The molecule has 1 N–H and O–H groups in total. The molecule has 0 bridgehead atoms. The molecule has 0 atom stereocenters. The molecular weight excluding hydrogens is 250 g/mol. The number of aryl methyl sites for hydroxylation is 1. The first-order valence-electron chi connectivity index (χ1n) is 3.60. The molecule has 0 spiro atoms. The number of rotatable bonds is 0. The Labute approximate surface area is 116 Å². The number of nitrogens with one attached hydrogen (secondary N) is 1. The molecule has 1 amide bonds. The first-order valence-corrected chi connectivity index (χ1v) is 5.90. The van der Waals surface area contributed by atoms with Crippen molar-refractivity contribution in [2.24, 2.45) is 0 Å². The average Bonchev–Trinajstić information content (AvgIpc) is 2.38. The van der Waals surface area contributed by atoms with Crippen LogP contribution in [0.4, 0.5) is 0 Å². The van der Waals surface area contributed by atoms with Crippen molar-refractivity contribution >= 4 is 65.0 Å². The van der Waals surface area contributed by atoms with Gasteiger partial charge in [0.2, 0.25) is 0 Å². The first kappa shape index (κ1) is 12.4. The van der Waals surface area contributed by atoms with Crippen LogP contribution < -0.4 is 4.72 Å². The second kappa shape index (κ2) is 3.75. The molecule has 1 aliphatic rings. The first-order chi connectivity index (χ1) is 5.93. The van der Waals surface area contributed by atoms with E-state index in [0.29, 0.717) is 5.56 Å². The maximum atomic E-state index is 11.3. The van der Waals surface area contributed by atoms with Crippen LogP contribution in [-0.4, -0.2) is 52.1 Å². The number of sulfonamides is 1. The largest absolute Gasteiger partial charge is 2.00 e. The van der Waals surface area contributed by atoms with E-state index in [4.69, 9.17) is 0 Å². The summed E-state index contributed by atoms with van der Waals surface area (Å²) in [6, 6.07) is 0. The van der Waals surface area contributed by atoms with Crippen molar-refractivity contribution in [3.8, 4) is 0 Å². The maximum absolute atomic E-state index is 11.3. The molecule has 0 aromatic carbocycles. The maximum Gasteiger partial charge on any atom is 2.00 e. The van der Waals surface area contributed by atoms with Crippen molar-refractivity contribution in [3.05, 3.63) is 16.0 Å². The Morgan fingerprint density at radius 3 is 2.36 bits per heavy atom. The zero-order valence-corrected chi connectivity index (χ0v) is 11.6. The van der Waals surface area contributed by atoms with Crippen LogP contribution in [0.3, 0.4) is 0 Å². The molecular formula is C7H7CaNO3S2+2. The predicted molar refractivity (Wildman–Crippen MR) is 54.2 cm³/mol. The van der Waals surface area contributed by atoms with E-state index in [-0.39, 0.29) is 41.9 Å². The number of carbonyl (C=O) groups excluding carboxylic acids is 1. The smallest absolute Gasteiger partial charge is 0.268 e. The molecule has 70 valence electrons. The van der Waals surface area contributed by atoms with Crippen molar-refractivity contribution < 1.29 is 13.2 Å². The van der Waals surface area contributed by atoms with E-state index in [1.165, 1.54) is 0 Å². The molecule has 7 heteroatoms. The molecule has 0 unspecified atom stereocenters. The molecule has 0 saturated carbocycles. The fraction of sp³-hybridized carbons (Fsp3) is 0.286. The van der Waals surface area contributed by atoms with Crippen LogP contribution in [0.5, 0.6) is 0 Å². The number of fused-ring (bicyclic) bond motifs is 1. The molecule has 1 aromatic rings. The molecule has 0 radical (unpaired) electrons. The standard InChI is InChI=1S/C7H7NO3S2.Ca/c1-3-4(2)12-7-5(3)6(9)8-13(7,10)11;/h1-2H3,(H,8,9);/q;+2. The van der Waals surface area contributed by atoms with Gasteiger partial charge in [-0.3, -0.25) is 4.79 Å². The van der Waals surface area contributed by atoms with Crippen molar-refractivity contribution in [2.75, 3.05) is 0 Å². The van der Waals surface area contributed by atoms with Crippen molar-refractivity contribution in [2.45, 2.75) is 18.1 Å². The van der Waals surface area contributed by atoms with Crippen LogP contribution in [-0.2, 0) is 10.0 Å². The number of thiophene rings is 1. The van der Waals surface area contributed by atoms with Crippen LogP contribution in [0.2, 0.25) is 0 Å². The van der Waals surface area contributed by atoms with Crippen LogP contribution >= 0.6 is 11.3 Å². The number of hydrogen-bond donors (Lipinski definition) is 1. The van der Waals surface area contributed by atoms with E-state index in [9.17, 15) is 13.2 Å². The van der Waals surface area contributed by atoms with E-state index in [1.54, 1.807) is 13.8 Å². The minimum absolute atomic E-state index is 0. The Balaban J connectivity index is 0.000000980. The van der Waals surface area contributed by atoms with E-state index < -0.39 is 15.9 Å². The second-order valence-corrected chi connectivity index (χ2v) is 5.98. The van der Waals surface area contributed by atoms with Gasteiger partial charge in [-0.2, -0.15) is 0 Å². The Kier molecular flexibility index (Phi) is 3.34. The fourth-order valence-electron chi connectivity index (χ4n) is 1.27. The zero-order chi connectivity index (χ0) is 9.80. The molecule has 2 rings (SSSR count). The van der Waals surface area contributed by atoms with Crippen LogP contribution in [0, 0.1) is 13.8 Å². The van der Waals surface area contributed by atoms with Gasteiger partial charge in [0.15, 0.2) is 4.21 Å². The van der Waals surface area contributed by atoms with E-state index in [1.807, 2.05) is 4.72 Å². The van der Waals surface area contributed by atoms with Gasteiger partial charge in [-0.15, -0.1) is 11.3 Å². The summed E-state index contributed by atoms with van der Waals surface area (Å²) in [7, 11) is -3.54. The molecule has 1 aromatic heterocycles. The summed E-state index contributed by atoms with van der Waals surface area (Å²) >= 11 is 1.14. The summed E-state index contributed by atoms with van der Waals surface area (Å²) in [6.07, 6.45) is 0. The van der Waals surface area contributed by atoms with Crippen LogP contribution in [0.25, 0.3) is 0 Å². The summed E-state index contributed by atoms with van der Waals surface area (Å²) in [6.45, 7) is 3.56. The van der Waals surface area contributed by atoms with Crippen molar-refractivity contribution in [1.82, 2.24) is 4.72 Å². The average molecular weight is 257 g/mol.